The van der Waals surface area contributed by atoms with Gasteiger partial charge in [0, 0.05) is 12.7 Å². The summed E-state index contributed by atoms with van der Waals surface area (Å²) in [6.45, 7) is 5.31. The molecule has 0 spiro atoms. The molecule has 0 amide bonds. The second-order valence-corrected chi connectivity index (χ2v) is 5.15. The molecule has 1 saturated carbocycles. The molecule has 1 aromatic rings. The highest BCUT2D eigenvalue weighted by Gasteiger charge is 2.35. The lowest BCUT2D eigenvalue weighted by atomic mass is 9.78. The monoisotopic (exact) mass is 222 g/mol. The van der Waals surface area contributed by atoms with Crippen molar-refractivity contribution in [2.75, 3.05) is 0 Å². The number of nitrogens with zero attached hydrogens (tertiary/aromatic N) is 2. The molecular formula is C13H22N2O. The Morgan fingerprint density at radius 3 is 2.81 bits per heavy atom. The molecule has 0 saturated heterocycles. The van der Waals surface area contributed by atoms with Gasteiger partial charge in [-0.1, -0.05) is 13.8 Å². The lowest BCUT2D eigenvalue weighted by Gasteiger charge is -2.35. The Morgan fingerprint density at radius 2 is 2.19 bits per heavy atom. The Kier molecular flexibility index (Phi) is 3.33. The van der Waals surface area contributed by atoms with Crippen molar-refractivity contribution in [3.05, 3.63) is 18.0 Å². The minimum atomic E-state index is -0.627. The third kappa shape index (κ3) is 2.14. The van der Waals surface area contributed by atoms with Gasteiger partial charge in [-0.2, -0.15) is 5.10 Å². The van der Waals surface area contributed by atoms with E-state index in [1.54, 1.807) is 6.20 Å². The molecule has 3 nitrogen and oxygen atoms in total. The van der Waals surface area contributed by atoms with Crippen molar-refractivity contribution in [1.82, 2.24) is 9.78 Å². The third-order valence-corrected chi connectivity index (χ3v) is 3.73. The van der Waals surface area contributed by atoms with Crippen LogP contribution in [0.15, 0.2) is 12.3 Å². The zero-order valence-corrected chi connectivity index (χ0v) is 10.3. The number of aryl methyl sites for hydroxylation is 1. The SMILES string of the molecule is CCCn1nccc1C1(O)CCC(C)CC1. The van der Waals surface area contributed by atoms with E-state index in [2.05, 4.69) is 18.9 Å². The number of hydrogen-bond acceptors (Lipinski definition) is 2. The summed E-state index contributed by atoms with van der Waals surface area (Å²) in [7, 11) is 0. The van der Waals surface area contributed by atoms with Gasteiger partial charge in [0.1, 0.15) is 5.60 Å². The van der Waals surface area contributed by atoms with E-state index in [1.807, 2.05) is 10.7 Å². The Morgan fingerprint density at radius 1 is 1.50 bits per heavy atom. The van der Waals surface area contributed by atoms with Crippen LogP contribution in [0.3, 0.4) is 0 Å². The Balaban J connectivity index is 2.18. The van der Waals surface area contributed by atoms with Crippen LogP contribution in [0.1, 0.15) is 51.6 Å². The molecule has 2 rings (SSSR count). The quantitative estimate of drug-likeness (QED) is 0.854. The van der Waals surface area contributed by atoms with Gasteiger partial charge >= 0.3 is 0 Å². The molecule has 0 radical (unpaired) electrons. The van der Waals surface area contributed by atoms with Gasteiger partial charge < -0.3 is 5.11 Å². The van der Waals surface area contributed by atoms with Crippen molar-refractivity contribution in [2.45, 2.75) is 58.1 Å². The highest BCUT2D eigenvalue weighted by molar-refractivity contribution is 5.13. The molecule has 0 aromatic carbocycles. The standard InChI is InChI=1S/C13H22N2O/c1-3-10-15-12(6-9-14-15)13(16)7-4-11(2)5-8-13/h6,9,11,16H,3-5,7-8,10H2,1-2H3. The maximum absolute atomic E-state index is 10.7. The molecule has 1 fully saturated rings. The van der Waals surface area contributed by atoms with Crippen molar-refractivity contribution in [3.8, 4) is 0 Å². The summed E-state index contributed by atoms with van der Waals surface area (Å²) in [5.41, 5.74) is 0.388. The molecule has 3 heteroatoms. The zero-order chi connectivity index (χ0) is 11.6. The summed E-state index contributed by atoms with van der Waals surface area (Å²) in [6.07, 6.45) is 6.86. The normalized spacial score (nSPS) is 30.6. The number of aliphatic hydroxyl groups is 1. The highest BCUT2D eigenvalue weighted by Crippen LogP contribution is 2.39. The van der Waals surface area contributed by atoms with Gasteiger partial charge in [-0.3, -0.25) is 4.68 Å². The number of hydrogen-bond donors (Lipinski definition) is 1. The van der Waals surface area contributed by atoms with Crippen LogP contribution in [-0.4, -0.2) is 14.9 Å². The van der Waals surface area contributed by atoms with Gasteiger partial charge in [-0.25, -0.2) is 0 Å². The van der Waals surface area contributed by atoms with Crippen LogP contribution in [0.4, 0.5) is 0 Å². The smallest absolute Gasteiger partial charge is 0.106 e. The van der Waals surface area contributed by atoms with E-state index >= 15 is 0 Å². The number of rotatable bonds is 3. The predicted octanol–water partition coefficient (Wildman–Crippen LogP) is 2.69. The van der Waals surface area contributed by atoms with Gasteiger partial charge in [0.15, 0.2) is 0 Å². The summed E-state index contributed by atoms with van der Waals surface area (Å²) in [5.74, 6) is 0.753. The average Bonchev–Trinajstić information content (AvgIpc) is 2.72. The molecule has 16 heavy (non-hydrogen) atoms. The summed E-state index contributed by atoms with van der Waals surface area (Å²) in [4.78, 5) is 0. The molecule has 1 aliphatic carbocycles. The predicted molar refractivity (Wildman–Crippen MR) is 64.0 cm³/mol. The van der Waals surface area contributed by atoms with Crippen LogP contribution in [-0.2, 0) is 12.1 Å². The van der Waals surface area contributed by atoms with E-state index in [0.29, 0.717) is 0 Å². The maximum atomic E-state index is 10.7. The van der Waals surface area contributed by atoms with E-state index in [-0.39, 0.29) is 0 Å². The second-order valence-electron chi connectivity index (χ2n) is 5.15. The molecule has 0 unspecified atom stereocenters. The first-order valence-electron chi connectivity index (χ1n) is 6.40. The van der Waals surface area contributed by atoms with Crippen LogP contribution in [0.5, 0.6) is 0 Å². The number of aromatic nitrogens is 2. The third-order valence-electron chi connectivity index (χ3n) is 3.73. The van der Waals surface area contributed by atoms with Crippen molar-refractivity contribution in [1.29, 1.82) is 0 Å². The first-order chi connectivity index (χ1) is 7.65. The minimum absolute atomic E-state index is 0.627. The molecule has 1 heterocycles. The minimum Gasteiger partial charge on any atom is -0.384 e. The van der Waals surface area contributed by atoms with Gasteiger partial charge in [-0.15, -0.1) is 0 Å². The van der Waals surface area contributed by atoms with Crippen LogP contribution in [0.2, 0.25) is 0 Å². The molecular weight excluding hydrogens is 200 g/mol. The van der Waals surface area contributed by atoms with Crippen LogP contribution >= 0.6 is 0 Å². The second kappa shape index (κ2) is 4.58. The molecule has 0 bridgehead atoms. The Labute approximate surface area is 97.5 Å². The van der Waals surface area contributed by atoms with E-state index in [0.717, 1.165) is 50.3 Å². The Bertz CT molecular complexity index is 337. The summed E-state index contributed by atoms with van der Waals surface area (Å²) in [6, 6.07) is 1.98. The lowest BCUT2D eigenvalue weighted by molar-refractivity contribution is -0.0197. The average molecular weight is 222 g/mol. The molecule has 0 atom stereocenters. The van der Waals surface area contributed by atoms with Gasteiger partial charge in [0.25, 0.3) is 0 Å². The fourth-order valence-electron chi connectivity index (χ4n) is 2.61. The molecule has 1 N–H and O–H groups in total. The molecule has 90 valence electrons. The van der Waals surface area contributed by atoms with Crippen LogP contribution in [0.25, 0.3) is 0 Å². The largest absolute Gasteiger partial charge is 0.384 e. The van der Waals surface area contributed by atoms with Crippen molar-refractivity contribution >= 4 is 0 Å². The van der Waals surface area contributed by atoms with Gasteiger partial charge in [-0.05, 0) is 44.1 Å². The molecule has 1 aliphatic rings. The van der Waals surface area contributed by atoms with Crippen LogP contribution < -0.4 is 0 Å². The van der Waals surface area contributed by atoms with Crippen molar-refractivity contribution in [3.63, 3.8) is 0 Å². The van der Waals surface area contributed by atoms with Gasteiger partial charge in [0.05, 0.1) is 5.69 Å². The molecule has 0 aliphatic heterocycles. The van der Waals surface area contributed by atoms with E-state index in [4.69, 9.17) is 0 Å². The highest BCUT2D eigenvalue weighted by atomic mass is 16.3. The fourth-order valence-corrected chi connectivity index (χ4v) is 2.61. The summed E-state index contributed by atoms with van der Waals surface area (Å²) in [5, 5.41) is 15.0. The van der Waals surface area contributed by atoms with E-state index < -0.39 is 5.60 Å². The zero-order valence-electron chi connectivity index (χ0n) is 10.3. The van der Waals surface area contributed by atoms with Crippen molar-refractivity contribution < 1.29 is 5.11 Å². The van der Waals surface area contributed by atoms with E-state index in [1.165, 1.54) is 0 Å². The summed E-state index contributed by atoms with van der Waals surface area (Å²) >= 11 is 0. The van der Waals surface area contributed by atoms with Crippen LogP contribution in [0, 0.1) is 5.92 Å². The van der Waals surface area contributed by atoms with Gasteiger partial charge in [0.2, 0.25) is 0 Å². The van der Waals surface area contributed by atoms with Crippen molar-refractivity contribution in [2.24, 2.45) is 5.92 Å². The lowest BCUT2D eigenvalue weighted by Crippen LogP contribution is -2.33. The maximum Gasteiger partial charge on any atom is 0.106 e. The summed E-state index contributed by atoms with van der Waals surface area (Å²) < 4.78 is 1.97. The topological polar surface area (TPSA) is 38.0 Å². The first kappa shape index (κ1) is 11.6. The Hall–Kier alpha value is -0.830. The first-order valence-corrected chi connectivity index (χ1v) is 6.40. The molecule has 1 aromatic heterocycles. The van der Waals surface area contributed by atoms with E-state index in [9.17, 15) is 5.11 Å². The fraction of sp³-hybridized carbons (Fsp3) is 0.769.